The van der Waals surface area contributed by atoms with E-state index in [0.29, 0.717) is 23.5 Å². The Kier molecular flexibility index (Phi) is 6.72. The smallest absolute Gasteiger partial charge is 0.387 e. The van der Waals surface area contributed by atoms with Crippen LogP contribution in [0.5, 0.6) is 5.75 Å². The fourth-order valence-electron chi connectivity index (χ4n) is 2.24. The van der Waals surface area contributed by atoms with Gasteiger partial charge in [-0.15, -0.1) is 0 Å². The van der Waals surface area contributed by atoms with E-state index >= 15 is 0 Å². The Morgan fingerprint density at radius 1 is 1.25 bits per heavy atom. The zero-order chi connectivity index (χ0) is 17.4. The molecule has 2 N–H and O–H groups in total. The zero-order valence-electron chi connectivity index (χ0n) is 13.5. The number of ether oxygens (including phenoxy) is 1. The number of carbonyl (C=O) groups excluding carboxylic acids is 1. The second-order valence-corrected chi connectivity index (χ2v) is 5.39. The summed E-state index contributed by atoms with van der Waals surface area (Å²) in [6.45, 7) is -0.0853. The van der Waals surface area contributed by atoms with E-state index in [4.69, 9.17) is 0 Å². The van der Waals surface area contributed by atoms with E-state index in [1.807, 2.05) is 0 Å². The topological polar surface area (TPSA) is 67.0 Å². The first-order valence-corrected chi connectivity index (χ1v) is 7.99. The zero-order valence-corrected chi connectivity index (χ0v) is 13.5. The van der Waals surface area contributed by atoms with E-state index in [2.05, 4.69) is 27.2 Å². The van der Waals surface area contributed by atoms with Crippen LogP contribution in [0, 0.1) is 0 Å². The lowest BCUT2D eigenvalue weighted by molar-refractivity contribution is -0.0498. The predicted molar refractivity (Wildman–Crippen MR) is 87.1 cm³/mol. The van der Waals surface area contributed by atoms with E-state index in [1.165, 1.54) is 12.1 Å². The van der Waals surface area contributed by atoms with Gasteiger partial charge in [0.2, 0.25) is 0 Å². The summed E-state index contributed by atoms with van der Waals surface area (Å²) >= 11 is 0. The second-order valence-electron chi connectivity index (χ2n) is 5.39. The lowest BCUT2D eigenvalue weighted by Crippen LogP contribution is -2.24. The van der Waals surface area contributed by atoms with Gasteiger partial charge in [0.05, 0.1) is 5.69 Å². The Hall–Kier alpha value is -2.44. The average molecular weight is 337 g/mol. The van der Waals surface area contributed by atoms with Crippen molar-refractivity contribution in [3.8, 4) is 17.0 Å². The molecule has 0 unspecified atom stereocenters. The van der Waals surface area contributed by atoms with Crippen LogP contribution in [0.25, 0.3) is 11.3 Å². The van der Waals surface area contributed by atoms with Gasteiger partial charge in [-0.1, -0.05) is 26.2 Å². The molecule has 0 atom stereocenters. The van der Waals surface area contributed by atoms with E-state index < -0.39 is 6.61 Å². The minimum absolute atomic E-state index is 0.0781. The van der Waals surface area contributed by atoms with Crippen LogP contribution < -0.4 is 10.1 Å². The molecule has 2 rings (SSSR count). The van der Waals surface area contributed by atoms with Crippen molar-refractivity contribution in [1.29, 1.82) is 0 Å². The van der Waals surface area contributed by atoms with Crippen LogP contribution in [0.4, 0.5) is 8.78 Å². The van der Waals surface area contributed by atoms with Crippen molar-refractivity contribution in [3.63, 3.8) is 0 Å². The number of aromatic amines is 1. The third kappa shape index (κ3) is 5.33. The van der Waals surface area contributed by atoms with Crippen molar-refractivity contribution in [2.24, 2.45) is 0 Å². The van der Waals surface area contributed by atoms with Crippen molar-refractivity contribution < 1.29 is 18.3 Å². The summed E-state index contributed by atoms with van der Waals surface area (Å²) < 4.78 is 28.5. The summed E-state index contributed by atoms with van der Waals surface area (Å²) in [5, 5.41) is 9.61. The summed E-state index contributed by atoms with van der Waals surface area (Å²) in [5.41, 5.74) is 1.64. The predicted octanol–water partition coefficient (Wildman–Crippen LogP) is 3.99. The largest absolute Gasteiger partial charge is 0.435 e. The molecule has 2 aromatic rings. The number of aromatic nitrogens is 2. The first kappa shape index (κ1) is 17.9. The molecule has 0 aliphatic heterocycles. The number of hydrogen-bond donors (Lipinski definition) is 2. The van der Waals surface area contributed by atoms with Gasteiger partial charge in [0.1, 0.15) is 11.4 Å². The third-order valence-electron chi connectivity index (χ3n) is 3.51. The van der Waals surface area contributed by atoms with E-state index in [9.17, 15) is 13.6 Å². The van der Waals surface area contributed by atoms with Gasteiger partial charge in [0.15, 0.2) is 0 Å². The maximum absolute atomic E-state index is 12.1. The first-order chi connectivity index (χ1) is 11.6. The minimum atomic E-state index is -2.85. The molecule has 130 valence electrons. The van der Waals surface area contributed by atoms with Crippen molar-refractivity contribution in [2.45, 2.75) is 39.2 Å². The summed E-state index contributed by atoms with van der Waals surface area (Å²) in [7, 11) is 0. The Labute approximate surface area is 139 Å². The lowest BCUT2D eigenvalue weighted by atomic mass is 10.1. The van der Waals surface area contributed by atoms with Gasteiger partial charge < -0.3 is 10.1 Å². The molecule has 0 saturated heterocycles. The Morgan fingerprint density at radius 3 is 2.67 bits per heavy atom. The molecule has 0 aliphatic rings. The summed E-state index contributed by atoms with van der Waals surface area (Å²) in [5.74, 6) is -0.128. The number of nitrogens with one attached hydrogen (secondary N) is 2. The number of carbonyl (C=O) groups is 1. The standard InChI is InChI=1S/C17H21F2N3O2/c1-2-3-4-5-10-20-16(23)15-11-14(21-22-15)12-6-8-13(9-7-12)24-17(18)19/h6-9,11,17H,2-5,10H2,1H3,(H,20,23)(H,21,22). The lowest BCUT2D eigenvalue weighted by Gasteiger charge is -2.04. The summed E-state index contributed by atoms with van der Waals surface area (Å²) in [4.78, 5) is 12.0. The number of nitrogens with zero attached hydrogens (tertiary/aromatic N) is 1. The molecule has 0 spiro atoms. The van der Waals surface area contributed by atoms with Crippen molar-refractivity contribution in [1.82, 2.24) is 15.5 Å². The first-order valence-electron chi connectivity index (χ1n) is 7.99. The van der Waals surface area contributed by atoms with Crippen LogP contribution in [-0.4, -0.2) is 29.3 Å². The molecule has 0 aliphatic carbocycles. The van der Waals surface area contributed by atoms with E-state index in [1.54, 1.807) is 18.2 Å². The van der Waals surface area contributed by atoms with Crippen LogP contribution in [-0.2, 0) is 0 Å². The maximum atomic E-state index is 12.1. The van der Waals surface area contributed by atoms with Gasteiger partial charge in [-0.25, -0.2) is 0 Å². The quantitative estimate of drug-likeness (QED) is 0.680. The molecule has 0 radical (unpaired) electrons. The molecular formula is C17H21F2N3O2. The monoisotopic (exact) mass is 337 g/mol. The number of rotatable bonds is 9. The van der Waals surface area contributed by atoms with Crippen LogP contribution in [0.3, 0.4) is 0 Å². The molecular weight excluding hydrogens is 316 g/mol. The highest BCUT2D eigenvalue weighted by molar-refractivity contribution is 5.93. The molecule has 0 fully saturated rings. The van der Waals surface area contributed by atoms with Gasteiger partial charge in [0.25, 0.3) is 5.91 Å². The molecule has 24 heavy (non-hydrogen) atoms. The molecule has 1 aromatic carbocycles. The number of benzene rings is 1. The number of alkyl halides is 2. The number of hydrogen-bond acceptors (Lipinski definition) is 3. The molecule has 1 aromatic heterocycles. The number of unbranched alkanes of at least 4 members (excludes halogenated alkanes) is 3. The van der Waals surface area contributed by atoms with Crippen molar-refractivity contribution in [3.05, 3.63) is 36.0 Å². The van der Waals surface area contributed by atoms with E-state index in [0.717, 1.165) is 25.7 Å². The second kappa shape index (κ2) is 9.00. The number of amides is 1. The summed E-state index contributed by atoms with van der Waals surface area (Å²) in [6.07, 6.45) is 4.36. The highest BCUT2D eigenvalue weighted by Crippen LogP contribution is 2.22. The normalized spacial score (nSPS) is 10.8. The molecule has 7 heteroatoms. The van der Waals surface area contributed by atoms with Gasteiger partial charge in [-0.2, -0.15) is 13.9 Å². The molecule has 0 saturated carbocycles. The van der Waals surface area contributed by atoms with Crippen LogP contribution in [0.2, 0.25) is 0 Å². The third-order valence-corrected chi connectivity index (χ3v) is 3.51. The Bertz CT molecular complexity index is 642. The fraction of sp³-hybridized carbons (Fsp3) is 0.412. The average Bonchev–Trinajstić information content (AvgIpc) is 3.05. The van der Waals surface area contributed by atoms with Crippen LogP contribution in [0.15, 0.2) is 30.3 Å². The van der Waals surface area contributed by atoms with E-state index in [-0.39, 0.29) is 11.7 Å². The van der Waals surface area contributed by atoms with Gasteiger partial charge in [-0.05, 0) is 36.8 Å². The van der Waals surface area contributed by atoms with Gasteiger partial charge >= 0.3 is 6.61 Å². The van der Waals surface area contributed by atoms with Crippen LogP contribution in [0.1, 0.15) is 43.1 Å². The molecule has 1 heterocycles. The highest BCUT2D eigenvalue weighted by atomic mass is 19.3. The van der Waals surface area contributed by atoms with Gasteiger partial charge in [0, 0.05) is 12.1 Å². The number of halogens is 2. The Balaban J connectivity index is 1.91. The van der Waals surface area contributed by atoms with Gasteiger partial charge in [-0.3, -0.25) is 9.89 Å². The van der Waals surface area contributed by atoms with Crippen molar-refractivity contribution >= 4 is 5.91 Å². The minimum Gasteiger partial charge on any atom is -0.435 e. The SMILES string of the molecule is CCCCCCNC(=O)c1cc(-c2ccc(OC(F)F)cc2)n[nH]1. The summed E-state index contributed by atoms with van der Waals surface area (Å²) in [6, 6.07) is 7.72. The van der Waals surface area contributed by atoms with Crippen LogP contribution >= 0.6 is 0 Å². The molecule has 0 bridgehead atoms. The fourth-order valence-corrected chi connectivity index (χ4v) is 2.24. The maximum Gasteiger partial charge on any atom is 0.387 e. The number of H-pyrrole nitrogens is 1. The molecule has 1 amide bonds. The highest BCUT2D eigenvalue weighted by Gasteiger charge is 2.11. The molecule has 5 nitrogen and oxygen atoms in total. The Morgan fingerprint density at radius 2 is 2.00 bits per heavy atom. The van der Waals surface area contributed by atoms with Crippen molar-refractivity contribution in [2.75, 3.05) is 6.54 Å².